The minimum Gasteiger partial charge on any atom is -0.376 e. The van der Waals surface area contributed by atoms with Gasteiger partial charge in [-0.05, 0) is 70.8 Å². The third kappa shape index (κ3) is 5.45. The molecule has 4 amide bonds. The summed E-state index contributed by atoms with van der Waals surface area (Å²) in [7, 11) is 0. The maximum absolute atomic E-state index is 14.0. The lowest BCUT2D eigenvalue weighted by atomic mass is 9.80. The average molecular weight is 587 g/mol. The maximum atomic E-state index is 14.0. The van der Waals surface area contributed by atoms with Crippen LogP contribution in [0.1, 0.15) is 89.7 Å². The Morgan fingerprint density at radius 3 is 2.24 bits per heavy atom. The fraction of sp³-hybridized carbons (Fsp3) is 0.719. The number of nitrogens with zero attached hydrogens (tertiary/aromatic N) is 3. The lowest BCUT2D eigenvalue weighted by Crippen LogP contribution is -2.61. The molecular formula is C32H44F2N4O4. The van der Waals surface area contributed by atoms with Crippen LogP contribution < -0.4 is 5.32 Å². The van der Waals surface area contributed by atoms with Crippen LogP contribution in [-0.4, -0.2) is 87.9 Å². The number of halogens is 2. The fourth-order valence-electron chi connectivity index (χ4n) is 8.19. The molecule has 4 saturated heterocycles. The van der Waals surface area contributed by atoms with E-state index in [2.05, 4.69) is 10.2 Å². The molecule has 0 aromatic heterocycles. The molecule has 1 aromatic rings. The van der Waals surface area contributed by atoms with Crippen molar-refractivity contribution in [2.75, 3.05) is 19.7 Å². The minimum atomic E-state index is -2.67. The Morgan fingerprint density at radius 1 is 1.02 bits per heavy atom. The standard InChI is InChI=1S/C32H44F2N4O4/c1-21(2)38-30(41)37(20-26-13-17-42-26)29(40)31(38)18-24-8-9-25(19-31)36(24)16-12-27(22-6-4-3-5-7-22)35-28(39)23-10-14-32(33,34)15-11-23/h3-7,21,23-27H,8-20H2,1-2H3,(H,35,39)/t24?,25?,26?,27-,31?/m0/s1. The summed E-state index contributed by atoms with van der Waals surface area (Å²) in [6, 6.07) is 9.70. The van der Waals surface area contributed by atoms with E-state index in [-0.39, 0.29) is 79.7 Å². The Morgan fingerprint density at radius 2 is 1.67 bits per heavy atom. The van der Waals surface area contributed by atoms with Gasteiger partial charge in [-0.3, -0.25) is 19.4 Å². The molecule has 0 radical (unpaired) electrons. The SMILES string of the molecule is CC(C)N1C(=O)N(CC2CCO2)C(=O)C12CC1CCC(C2)N1CC[C@H](NC(=O)C1CCC(F)(F)CC1)c1ccccc1. The van der Waals surface area contributed by atoms with Crippen LogP contribution >= 0.6 is 0 Å². The van der Waals surface area contributed by atoms with E-state index in [1.807, 2.05) is 49.1 Å². The number of rotatable bonds is 9. The Bertz CT molecular complexity index is 1150. The molecular weight excluding hydrogens is 542 g/mol. The summed E-state index contributed by atoms with van der Waals surface area (Å²) in [5.41, 5.74) is 0.192. The molecule has 230 valence electrons. The van der Waals surface area contributed by atoms with Crippen molar-refractivity contribution in [3.8, 4) is 0 Å². The van der Waals surface area contributed by atoms with Gasteiger partial charge in [-0.25, -0.2) is 13.6 Å². The Balaban J connectivity index is 1.14. The van der Waals surface area contributed by atoms with Gasteiger partial charge in [0.1, 0.15) is 5.54 Å². The summed E-state index contributed by atoms with van der Waals surface area (Å²) >= 11 is 0. The molecule has 3 unspecified atom stereocenters. The van der Waals surface area contributed by atoms with E-state index in [9.17, 15) is 23.2 Å². The third-order valence-electron chi connectivity index (χ3n) is 10.4. The van der Waals surface area contributed by atoms with Crippen LogP contribution in [0, 0.1) is 5.92 Å². The normalized spacial score (nSPS) is 32.1. The van der Waals surface area contributed by atoms with Crippen molar-refractivity contribution in [3.05, 3.63) is 35.9 Å². The van der Waals surface area contributed by atoms with Gasteiger partial charge in [-0.15, -0.1) is 0 Å². The van der Waals surface area contributed by atoms with E-state index in [0.717, 1.165) is 31.4 Å². The quantitative estimate of drug-likeness (QED) is 0.417. The Hall–Kier alpha value is -2.59. The molecule has 5 fully saturated rings. The summed E-state index contributed by atoms with van der Waals surface area (Å²) < 4.78 is 33.0. The summed E-state index contributed by atoms with van der Waals surface area (Å²) in [6.45, 7) is 5.74. The Kier molecular flexibility index (Phi) is 8.06. The van der Waals surface area contributed by atoms with Crippen LogP contribution in [0.3, 0.4) is 0 Å². The number of carbonyl (C=O) groups is 3. The van der Waals surface area contributed by atoms with Crippen molar-refractivity contribution in [2.45, 2.75) is 120 Å². The van der Waals surface area contributed by atoms with E-state index in [1.54, 1.807) is 0 Å². The van der Waals surface area contributed by atoms with Crippen LogP contribution in [0.25, 0.3) is 0 Å². The zero-order chi connectivity index (χ0) is 29.6. The van der Waals surface area contributed by atoms with Crippen molar-refractivity contribution < 1.29 is 27.9 Å². The van der Waals surface area contributed by atoms with E-state index in [1.165, 1.54) is 4.90 Å². The molecule has 1 saturated carbocycles. The van der Waals surface area contributed by atoms with Crippen LogP contribution in [-0.2, 0) is 14.3 Å². The van der Waals surface area contributed by atoms with E-state index in [4.69, 9.17) is 4.74 Å². The molecule has 1 spiro atoms. The Labute approximate surface area is 247 Å². The third-order valence-corrected chi connectivity index (χ3v) is 10.4. The molecule has 5 aliphatic rings. The number of ether oxygens (including phenoxy) is 1. The smallest absolute Gasteiger partial charge is 0.327 e. The molecule has 4 heterocycles. The number of carbonyl (C=O) groups excluding carboxylic acids is 3. The second-order valence-electron chi connectivity index (χ2n) is 13.4. The largest absolute Gasteiger partial charge is 0.376 e. The zero-order valence-corrected chi connectivity index (χ0v) is 24.8. The van der Waals surface area contributed by atoms with Crippen LogP contribution in [0.2, 0.25) is 0 Å². The first-order valence-electron chi connectivity index (χ1n) is 15.8. The zero-order valence-electron chi connectivity index (χ0n) is 24.8. The van der Waals surface area contributed by atoms with Gasteiger partial charge in [0.15, 0.2) is 0 Å². The maximum Gasteiger partial charge on any atom is 0.327 e. The van der Waals surface area contributed by atoms with Gasteiger partial charge >= 0.3 is 6.03 Å². The number of urea groups is 1. The number of nitrogens with one attached hydrogen (secondary N) is 1. The van der Waals surface area contributed by atoms with Crippen molar-refractivity contribution in [2.24, 2.45) is 5.92 Å². The van der Waals surface area contributed by atoms with Crippen LogP contribution in [0.15, 0.2) is 30.3 Å². The first-order chi connectivity index (χ1) is 20.1. The molecule has 6 rings (SSSR count). The topological polar surface area (TPSA) is 82.2 Å². The van der Waals surface area contributed by atoms with Gasteiger partial charge in [-0.2, -0.15) is 0 Å². The second-order valence-corrected chi connectivity index (χ2v) is 13.4. The molecule has 1 aromatic carbocycles. The highest BCUT2D eigenvalue weighted by Crippen LogP contribution is 2.48. The van der Waals surface area contributed by atoms with Crippen molar-refractivity contribution in [1.29, 1.82) is 0 Å². The van der Waals surface area contributed by atoms with Crippen molar-refractivity contribution >= 4 is 17.8 Å². The monoisotopic (exact) mass is 586 g/mol. The lowest BCUT2D eigenvalue weighted by molar-refractivity contribution is -0.141. The average Bonchev–Trinajstić information content (AvgIpc) is 3.28. The first kappa shape index (κ1) is 29.5. The molecule has 4 aliphatic heterocycles. The molecule has 8 nitrogen and oxygen atoms in total. The highest BCUT2D eigenvalue weighted by Gasteiger charge is 2.63. The van der Waals surface area contributed by atoms with Gasteiger partial charge in [0.05, 0.1) is 18.7 Å². The molecule has 2 bridgehead atoms. The predicted octanol–water partition coefficient (Wildman–Crippen LogP) is 4.89. The van der Waals surface area contributed by atoms with Gasteiger partial charge in [-0.1, -0.05) is 30.3 Å². The number of imide groups is 1. The molecule has 1 aliphatic carbocycles. The number of benzene rings is 1. The highest BCUT2D eigenvalue weighted by molar-refractivity contribution is 6.07. The molecule has 42 heavy (non-hydrogen) atoms. The summed E-state index contributed by atoms with van der Waals surface area (Å²) in [5.74, 6) is -3.26. The first-order valence-corrected chi connectivity index (χ1v) is 15.8. The number of amides is 4. The highest BCUT2D eigenvalue weighted by atomic mass is 19.3. The number of alkyl halides is 2. The molecule has 10 heteroatoms. The van der Waals surface area contributed by atoms with Crippen molar-refractivity contribution in [3.63, 3.8) is 0 Å². The summed E-state index contributed by atoms with van der Waals surface area (Å²) in [6.07, 6.45) is 4.63. The van der Waals surface area contributed by atoms with Gasteiger partial charge in [0, 0.05) is 50.0 Å². The van der Waals surface area contributed by atoms with E-state index in [0.29, 0.717) is 32.4 Å². The number of hydrogen-bond donors (Lipinski definition) is 1. The lowest BCUT2D eigenvalue weighted by Gasteiger charge is -2.48. The number of fused-ring (bicyclic) bond motifs is 2. The van der Waals surface area contributed by atoms with Crippen LogP contribution in [0.4, 0.5) is 13.6 Å². The summed E-state index contributed by atoms with van der Waals surface area (Å²) in [4.78, 5) is 46.5. The fourth-order valence-corrected chi connectivity index (χ4v) is 8.19. The summed E-state index contributed by atoms with van der Waals surface area (Å²) in [5, 5.41) is 3.20. The second kappa shape index (κ2) is 11.5. The number of hydrogen-bond acceptors (Lipinski definition) is 5. The predicted molar refractivity (Wildman–Crippen MR) is 153 cm³/mol. The van der Waals surface area contributed by atoms with Gasteiger partial charge in [0.25, 0.3) is 5.91 Å². The van der Waals surface area contributed by atoms with Crippen LogP contribution in [0.5, 0.6) is 0 Å². The number of piperidine rings is 1. The molecule has 1 N–H and O–H groups in total. The minimum absolute atomic E-state index is 0.0610. The van der Waals surface area contributed by atoms with Gasteiger partial charge < -0.3 is 15.0 Å². The van der Waals surface area contributed by atoms with Crippen molar-refractivity contribution in [1.82, 2.24) is 20.0 Å². The van der Waals surface area contributed by atoms with E-state index >= 15 is 0 Å². The molecule has 4 atom stereocenters. The van der Waals surface area contributed by atoms with Gasteiger partial charge in [0.2, 0.25) is 11.8 Å². The van der Waals surface area contributed by atoms with E-state index < -0.39 is 11.5 Å².